The van der Waals surface area contributed by atoms with Crippen LogP contribution in [0.15, 0.2) is 54.7 Å². The lowest BCUT2D eigenvalue weighted by Crippen LogP contribution is -2.61. The summed E-state index contributed by atoms with van der Waals surface area (Å²) in [5.74, 6) is -18.6. The Hall–Kier alpha value is -9.72. The maximum absolute atomic E-state index is 14.5. The molecule has 0 unspecified atom stereocenters. The van der Waals surface area contributed by atoms with Gasteiger partial charge in [0, 0.05) is 42.8 Å². The van der Waals surface area contributed by atoms with Crippen LogP contribution < -0.4 is 65.1 Å². The summed E-state index contributed by atoms with van der Waals surface area (Å²) < 4.78 is 0. The van der Waals surface area contributed by atoms with E-state index in [1.54, 1.807) is 44.3 Å². The quantitative estimate of drug-likeness (QED) is 0.0247. The molecule has 0 aliphatic heterocycles. The Morgan fingerprint density at radius 3 is 1.53 bits per heavy atom. The first-order valence-electron chi connectivity index (χ1n) is 28.1. The van der Waals surface area contributed by atoms with E-state index in [1.165, 1.54) is 38.1 Å². The molecule has 482 valence electrons. The van der Waals surface area contributed by atoms with Gasteiger partial charge in [-0.15, -0.1) is 0 Å². The van der Waals surface area contributed by atoms with Crippen molar-refractivity contribution in [2.75, 3.05) is 13.1 Å². The molecule has 0 bridgehead atoms. The van der Waals surface area contributed by atoms with Crippen LogP contribution in [0.5, 0.6) is 5.75 Å². The first-order chi connectivity index (χ1) is 41.4. The van der Waals surface area contributed by atoms with Gasteiger partial charge in [-0.3, -0.25) is 62.3 Å². The lowest BCUT2D eigenvalue weighted by molar-refractivity contribution is -0.144. The first-order valence-corrected chi connectivity index (χ1v) is 28.1. The Bertz CT molecular complexity index is 2990. The van der Waals surface area contributed by atoms with E-state index >= 15 is 0 Å². The fourth-order valence-corrected chi connectivity index (χ4v) is 8.76. The van der Waals surface area contributed by atoms with Crippen molar-refractivity contribution in [3.63, 3.8) is 0 Å². The molecule has 1 aromatic heterocycles. The van der Waals surface area contributed by atoms with Gasteiger partial charge in [0.2, 0.25) is 59.1 Å². The maximum atomic E-state index is 14.5. The number of aromatic amines is 1. The minimum atomic E-state index is -2.03. The number of aromatic nitrogens is 1. The minimum absolute atomic E-state index is 0.223. The van der Waals surface area contributed by atoms with Gasteiger partial charge < -0.3 is 95.6 Å². The van der Waals surface area contributed by atoms with Crippen molar-refractivity contribution in [2.45, 2.75) is 153 Å². The van der Waals surface area contributed by atoms with Crippen LogP contribution in [-0.2, 0) is 80.0 Å². The number of aromatic hydroxyl groups is 1. The summed E-state index contributed by atoms with van der Waals surface area (Å²) in [5.41, 5.74) is 18.5. The molecular weight excluding hydrogens is 1160 g/mol. The summed E-state index contributed by atoms with van der Waals surface area (Å²) in [5, 5.41) is 69.8. The number of unbranched alkanes of at least 4 members (excludes halogenated alkanes) is 1. The van der Waals surface area contributed by atoms with Crippen molar-refractivity contribution in [1.29, 1.82) is 0 Å². The molecule has 1 heterocycles. The molecule has 0 fully saturated rings. The molecule has 3 aromatic rings. The molecule has 3 rings (SSSR count). The number of fused-ring (bicyclic) bond motifs is 1. The zero-order chi connectivity index (χ0) is 65.9. The molecule has 88 heavy (non-hydrogen) atoms. The Morgan fingerprint density at radius 2 is 1.00 bits per heavy atom. The van der Waals surface area contributed by atoms with Gasteiger partial charge in [-0.1, -0.05) is 64.4 Å². The highest BCUT2D eigenvalue weighted by Gasteiger charge is 2.37. The Kier molecular flexibility index (Phi) is 29.4. The molecule has 9 atom stereocenters. The van der Waals surface area contributed by atoms with Gasteiger partial charge in [-0.2, -0.15) is 0 Å². The number of carbonyl (C=O) groups is 14. The number of amides is 10. The number of carbonyl (C=O) groups excluding carboxylic acids is 10. The monoisotopic (exact) mass is 1240 g/mol. The zero-order valence-electron chi connectivity index (χ0n) is 48.9. The van der Waals surface area contributed by atoms with E-state index in [9.17, 15) is 92.7 Å². The molecule has 0 saturated carbocycles. The second-order valence-electron chi connectivity index (χ2n) is 21.4. The predicted octanol–water partition coefficient (Wildman–Crippen LogP) is -3.41. The van der Waals surface area contributed by atoms with E-state index in [0.29, 0.717) is 35.9 Å². The highest BCUT2D eigenvalue weighted by molar-refractivity contribution is 6.00. The van der Waals surface area contributed by atoms with Gasteiger partial charge in [0.05, 0.1) is 25.4 Å². The third-order valence-electron chi connectivity index (χ3n) is 13.6. The molecule has 32 heteroatoms. The highest BCUT2D eigenvalue weighted by atomic mass is 16.4. The number of rotatable bonds is 39. The number of carboxylic acid groups (broad SMARTS) is 4. The van der Waals surface area contributed by atoms with Gasteiger partial charge in [0.1, 0.15) is 54.1 Å². The molecule has 0 saturated heterocycles. The maximum Gasteiger partial charge on any atom is 0.326 e. The van der Waals surface area contributed by atoms with E-state index in [1.807, 2.05) is 0 Å². The van der Waals surface area contributed by atoms with E-state index in [-0.39, 0.29) is 24.2 Å². The van der Waals surface area contributed by atoms with Crippen LogP contribution in [-0.4, -0.2) is 181 Å². The summed E-state index contributed by atoms with van der Waals surface area (Å²) in [6.07, 6.45) is -2.67. The lowest BCUT2D eigenvalue weighted by atomic mass is 9.99. The van der Waals surface area contributed by atoms with Crippen LogP contribution >= 0.6 is 0 Å². The van der Waals surface area contributed by atoms with E-state index < -0.39 is 201 Å². The fourth-order valence-electron chi connectivity index (χ4n) is 8.76. The summed E-state index contributed by atoms with van der Waals surface area (Å²) in [6, 6.07) is -2.70. The van der Waals surface area contributed by atoms with Crippen LogP contribution in [0.3, 0.4) is 0 Å². The summed E-state index contributed by atoms with van der Waals surface area (Å²) in [4.78, 5) is 187. The first kappa shape index (κ1) is 72.5. The van der Waals surface area contributed by atoms with Crippen molar-refractivity contribution in [3.05, 3.63) is 65.9 Å². The summed E-state index contributed by atoms with van der Waals surface area (Å²) in [6.45, 7) is 5.57. The Labute approximate surface area is 504 Å². The Balaban J connectivity index is 1.96. The van der Waals surface area contributed by atoms with Crippen LogP contribution in [0.1, 0.15) is 96.6 Å². The lowest BCUT2D eigenvalue weighted by Gasteiger charge is -2.28. The van der Waals surface area contributed by atoms with Gasteiger partial charge >= 0.3 is 23.9 Å². The number of benzene rings is 2. The van der Waals surface area contributed by atoms with Crippen LogP contribution in [0.25, 0.3) is 10.9 Å². The normalized spacial score (nSPS) is 14.2. The second kappa shape index (κ2) is 35.7. The van der Waals surface area contributed by atoms with Crippen molar-refractivity contribution in [1.82, 2.24) is 52.8 Å². The van der Waals surface area contributed by atoms with Crippen LogP contribution in [0.2, 0.25) is 0 Å². The SMILES string of the molecule is CC(C)[C@H](NC(=O)[C@H](CCC(=O)O)NC(=O)CNC(=O)[C@H](CCC(=O)O)NC(=O)[C@H](CC(N)=O)NC(=O)[C@H](Cc1ccc(O)cc1)NC(=O)[C@H](CC(=O)O)NC(=O)[C@H](Cc1c[nH]c2ccccc12)NC(=O)[C@@H](NC(=O)[C@@H](N)CCCCN)C(C)C)C(=O)O. The number of nitrogens with one attached hydrogen (secondary N) is 10. The smallest absolute Gasteiger partial charge is 0.326 e. The molecule has 0 radical (unpaired) electrons. The highest BCUT2D eigenvalue weighted by Crippen LogP contribution is 2.20. The third-order valence-corrected chi connectivity index (χ3v) is 13.6. The van der Waals surface area contributed by atoms with Crippen molar-refractivity contribution in [3.8, 4) is 5.75 Å². The largest absolute Gasteiger partial charge is 0.508 e. The van der Waals surface area contributed by atoms with Crippen molar-refractivity contribution < 1.29 is 92.7 Å². The molecule has 10 amide bonds. The van der Waals surface area contributed by atoms with Crippen molar-refractivity contribution >= 4 is 93.9 Å². The molecular formula is C56H79N13O19. The number of hydrogen-bond acceptors (Lipinski definition) is 17. The molecule has 0 aliphatic rings. The van der Waals surface area contributed by atoms with Gasteiger partial charge in [0.15, 0.2) is 0 Å². The molecule has 21 N–H and O–H groups in total. The number of carboxylic acids is 4. The number of hydrogen-bond donors (Lipinski definition) is 18. The average Bonchev–Trinajstić information content (AvgIpc) is 2.12. The van der Waals surface area contributed by atoms with E-state index in [0.717, 1.165) is 0 Å². The van der Waals surface area contributed by atoms with Crippen LogP contribution in [0.4, 0.5) is 0 Å². The van der Waals surface area contributed by atoms with E-state index in [2.05, 4.69) is 52.8 Å². The fraction of sp³-hybridized carbons (Fsp3) is 0.500. The molecule has 0 aliphatic carbocycles. The Morgan fingerprint density at radius 1 is 0.511 bits per heavy atom. The number of para-hydroxylation sites is 1. The van der Waals surface area contributed by atoms with Crippen LogP contribution in [0, 0.1) is 11.8 Å². The standard InChI is InChI=1S/C56H79N13O19/c1-27(2)46(68-48(79)33(58)10-7-8-20-57)55(86)67-38(22-30-25-60-34-11-6-5-9-32(30)34)52(83)66-40(24-45(77)78)54(85)64-37(21-29-12-14-31(70)15-13-29)51(82)65-39(23-41(59)71)53(84)63-35(16-18-43(73)74)49(80)61-26-42(72)62-36(17-19-44(75)76)50(81)69-47(28(3)4)56(87)88/h5-6,9,11-15,25,27-28,33,35-40,46-47,60,70H,7-8,10,16-24,26,57-58H2,1-4H3,(H2,59,71)(H,61,80)(H,62,72)(H,63,84)(H,64,85)(H,65,82)(H,66,83)(H,67,86)(H,68,79)(H,69,81)(H,73,74)(H,75,76)(H,77,78)(H,87,88)/t33-,35-,36-,37-,38-,39-,40-,46-,47-/m0/s1. The zero-order valence-corrected chi connectivity index (χ0v) is 48.9. The summed E-state index contributed by atoms with van der Waals surface area (Å²) in [7, 11) is 0. The summed E-state index contributed by atoms with van der Waals surface area (Å²) >= 11 is 0. The van der Waals surface area contributed by atoms with Gasteiger partial charge in [0.25, 0.3) is 0 Å². The number of H-pyrrole nitrogens is 1. The number of phenolic OH excluding ortho intramolecular Hbond substituents is 1. The second-order valence-corrected chi connectivity index (χ2v) is 21.4. The third kappa shape index (κ3) is 24.7. The number of phenols is 1. The number of aliphatic carboxylic acids is 4. The minimum Gasteiger partial charge on any atom is -0.508 e. The average molecular weight is 1240 g/mol. The van der Waals surface area contributed by atoms with E-state index in [4.69, 9.17) is 17.2 Å². The molecule has 0 spiro atoms. The predicted molar refractivity (Wildman–Crippen MR) is 310 cm³/mol. The molecule has 32 nitrogen and oxygen atoms in total. The number of primary amides is 1. The van der Waals surface area contributed by atoms with Gasteiger partial charge in [-0.05, 0) is 73.4 Å². The van der Waals surface area contributed by atoms with Gasteiger partial charge in [-0.25, -0.2) is 4.79 Å². The topological polar surface area (TPSA) is 542 Å². The number of nitrogens with two attached hydrogens (primary N) is 3. The molecule has 2 aromatic carbocycles. The van der Waals surface area contributed by atoms with Crippen molar-refractivity contribution in [2.24, 2.45) is 29.0 Å².